The van der Waals surface area contributed by atoms with Gasteiger partial charge in [-0.1, -0.05) is 22.0 Å². The van der Waals surface area contributed by atoms with Gasteiger partial charge in [0, 0.05) is 10.5 Å². The Hall–Kier alpha value is -1.56. The summed E-state index contributed by atoms with van der Waals surface area (Å²) < 4.78 is 6.49. The molecule has 1 saturated carbocycles. The molecule has 0 spiro atoms. The van der Waals surface area contributed by atoms with Crippen LogP contribution in [-0.2, 0) is 9.59 Å². The number of rotatable bonds is 6. The van der Waals surface area contributed by atoms with E-state index in [-0.39, 0.29) is 11.9 Å². The summed E-state index contributed by atoms with van der Waals surface area (Å²) in [7, 11) is 0. The minimum Gasteiger partial charge on any atom is -0.481 e. The van der Waals surface area contributed by atoms with Crippen molar-refractivity contribution in [2.24, 2.45) is 0 Å². The summed E-state index contributed by atoms with van der Waals surface area (Å²) >= 11 is 3.34. The van der Waals surface area contributed by atoms with Crippen molar-refractivity contribution >= 4 is 27.8 Å². The number of carboxylic acids is 1. The molecule has 114 valence electrons. The minimum atomic E-state index is -0.995. The van der Waals surface area contributed by atoms with Crippen LogP contribution in [0, 0.1) is 0 Å². The molecule has 1 amide bonds. The van der Waals surface area contributed by atoms with Crippen molar-refractivity contribution in [3.8, 4) is 5.75 Å². The van der Waals surface area contributed by atoms with Gasteiger partial charge in [-0.15, -0.1) is 0 Å². The Morgan fingerprint density at radius 2 is 2.05 bits per heavy atom. The standard InChI is InChI=1S/C15H18BrNO4/c1-9(15(19)20)17(12-6-7-12)14(18)10(2)21-13-5-3-4-11(16)8-13/h3-5,8-10,12H,6-7H2,1-2H3,(H,19,20). The largest absolute Gasteiger partial charge is 0.481 e. The van der Waals surface area contributed by atoms with Gasteiger partial charge < -0.3 is 14.7 Å². The molecule has 1 N–H and O–H groups in total. The highest BCUT2D eigenvalue weighted by Gasteiger charge is 2.40. The average molecular weight is 356 g/mol. The highest BCUT2D eigenvalue weighted by molar-refractivity contribution is 9.10. The van der Waals surface area contributed by atoms with Crippen molar-refractivity contribution in [3.05, 3.63) is 28.7 Å². The highest BCUT2D eigenvalue weighted by Crippen LogP contribution is 2.30. The molecule has 2 unspecified atom stereocenters. The molecular formula is C15H18BrNO4. The van der Waals surface area contributed by atoms with Crippen molar-refractivity contribution in [1.29, 1.82) is 0 Å². The zero-order valence-electron chi connectivity index (χ0n) is 12.0. The van der Waals surface area contributed by atoms with E-state index >= 15 is 0 Å². The third kappa shape index (κ3) is 3.97. The van der Waals surface area contributed by atoms with Gasteiger partial charge in [0.05, 0.1) is 0 Å². The third-order valence-electron chi connectivity index (χ3n) is 3.43. The highest BCUT2D eigenvalue weighted by atomic mass is 79.9. The van der Waals surface area contributed by atoms with Crippen LogP contribution in [0.25, 0.3) is 0 Å². The molecule has 21 heavy (non-hydrogen) atoms. The van der Waals surface area contributed by atoms with Gasteiger partial charge in [0.2, 0.25) is 0 Å². The van der Waals surface area contributed by atoms with Gasteiger partial charge in [0.1, 0.15) is 11.8 Å². The van der Waals surface area contributed by atoms with E-state index in [1.807, 2.05) is 12.1 Å². The van der Waals surface area contributed by atoms with Crippen molar-refractivity contribution in [2.45, 2.75) is 44.9 Å². The van der Waals surface area contributed by atoms with E-state index < -0.39 is 18.1 Å². The summed E-state index contributed by atoms with van der Waals surface area (Å²) in [4.78, 5) is 25.1. The molecule has 1 aliphatic carbocycles. The Kier molecular flexibility index (Phi) is 4.88. The Morgan fingerprint density at radius 3 is 2.57 bits per heavy atom. The lowest BCUT2D eigenvalue weighted by molar-refractivity contribution is -0.153. The molecule has 0 radical (unpaired) electrons. The molecular weight excluding hydrogens is 338 g/mol. The molecule has 1 aliphatic rings. The van der Waals surface area contributed by atoms with Crippen LogP contribution in [0.1, 0.15) is 26.7 Å². The van der Waals surface area contributed by atoms with Crippen LogP contribution in [0.15, 0.2) is 28.7 Å². The number of carbonyl (C=O) groups excluding carboxylic acids is 1. The zero-order valence-corrected chi connectivity index (χ0v) is 13.5. The fourth-order valence-corrected chi connectivity index (χ4v) is 2.54. The molecule has 0 heterocycles. The average Bonchev–Trinajstić information content (AvgIpc) is 3.23. The molecule has 2 rings (SSSR count). The fourth-order valence-electron chi connectivity index (χ4n) is 2.16. The van der Waals surface area contributed by atoms with Crippen molar-refractivity contribution < 1.29 is 19.4 Å². The second-order valence-corrected chi connectivity index (χ2v) is 6.12. The summed E-state index contributed by atoms with van der Waals surface area (Å²) in [5.74, 6) is -0.707. The zero-order chi connectivity index (χ0) is 15.6. The number of benzene rings is 1. The van der Waals surface area contributed by atoms with Gasteiger partial charge in [-0.25, -0.2) is 4.79 Å². The number of carbonyl (C=O) groups is 2. The van der Waals surface area contributed by atoms with Crippen LogP contribution < -0.4 is 4.74 Å². The van der Waals surface area contributed by atoms with Gasteiger partial charge in [-0.3, -0.25) is 4.79 Å². The lowest BCUT2D eigenvalue weighted by atomic mass is 10.2. The van der Waals surface area contributed by atoms with Crippen molar-refractivity contribution in [1.82, 2.24) is 4.90 Å². The molecule has 1 aromatic carbocycles. The smallest absolute Gasteiger partial charge is 0.326 e. The van der Waals surface area contributed by atoms with E-state index in [0.29, 0.717) is 5.75 Å². The van der Waals surface area contributed by atoms with Crippen LogP contribution in [0.4, 0.5) is 0 Å². The second-order valence-electron chi connectivity index (χ2n) is 5.21. The Labute approximate surface area is 132 Å². The van der Waals surface area contributed by atoms with E-state index in [2.05, 4.69) is 15.9 Å². The Bertz CT molecular complexity index is 544. The normalized spacial score (nSPS) is 16.9. The number of halogens is 1. The first kappa shape index (κ1) is 15.8. The molecule has 6 heteroatoms. The Morgan fingerprint density at radius 1 is 1.38 bits per heavy atom. The maximum absolute atomic E-state index is 12.5. The van der Waals surface area contributed by atoms with Crippen LogP contribution in [0.3, 0.4) is 0 Å². The van der Waals surface area contributed by atoms with Crippen LogP contribution in [-0.4, -0.2) is 40.1 Å². The molecule has 0 aliphatic heterocycles. The molecule has 5 nitrogen and oxygen atoms in total. The predicted octanol–water partition coefficient (Wildman–Crippen LogP) is 2.68. The molecule has 0 bridgehead atoms. The van der Waals surface area contributed by atoms with E-state index in [9.17, 15) is 9.59 Å². The van der Waals surface area contributed by atoms with E-state index in [1.54, 1.807) is 19.1 Å². The lowest BCUT2D eigenvalue weighted by Crippen LogP contribution is -2.49. The number of hydrogen-bond donors (Lipinski definition) is 1. The van der Waals surface area contributed by atoms with Gasteiger partial charge in [0.15, 0.2) is 6.10 Å². The maximum Gasteiger partial charge on any atom is 0.326 e. The van der Waals surface area contributed by atoms with E-state index in [4.69, 9.17) is 9.84 Å². The summed E-state index contributed by atoms with van der Waals surface area (Å²) in [6, 6.07) is 6.40. The van der Waals surface area contributed by atoms with E-state index in [1.165, 1.54) is 11.8 Å². The summed E-state index contributed by atoms with van der Waals surface area (Å²) in [6.07, 6.45) is 0.988. The molecule has 1 aromatic rings. The van der Waals surface area contributed by atoms with Crippen LogP contribution in [0.2, 0.25) is 0 Å². The van der Waals surface area contributed by atoms with Gasteiger partial charge in [-0.2, -0.15) is 0 Å². The topological polar surface area (TPSA) is 66.8 Å². The first-order valence-electron chi connectivity index (χ1n) is 6.87. The quantitative estimate of drug-likeness (QED) is 0.851. The monoisotopic (exact) mass is 355 g/mol. The predicted molar refractivity (Wildman–Crippen MR) is 81.2 cm³/mol. The van der Waals surface area contributed by atoms with Crippen LogP contribution in [0.5, 0.6) is 5.75 Å². The number of ether oxygens (including phenoxy) is 1. The number of amides is 1. The summed E-state index contributed by atoms with van der Waals surface area (Å²) in [5.41, 5.74) is 0. The first-order chi connectivity index (χ1) is 9.90. The fraction of sp³-hybridized carbons (Fsp3) is 0.467. The maximum atomic E-state index is 12.5. The molecule has 0 saturated heterocycles. The first-order valence-corrected chi connectivity index (χ1v) is 7.66. The minimum absolute atomic E-state index is 0.0251. The van der Waals surface area contributed by atoms with Gasteiger partial charge in [-0.05, 0) is 44.9 Å². The van der Waals surface area contributed by atoms with Crippen LogP contribution >= 0.6 is 15.9 Å². The Balaban J connectivity index is 2.07. The van der Waals surface area contributed by atoms with Crippen molar-refractivity contribution in [2.75, 3.05) is 0 Å². The number of carboxylic acid groups (broad SMARTS) is 1. The lowest BCUT2D eigenvalue weighted by Gasteiger charge is -2.29. The number of hydrogen-bond acceptors (Lipinski definition) is 3. The van der Waals surface area contributed by atoms with Gasteiger partial charge >= 0.3 is 5.97 Å². The van der Waals surface area contributed by atoms with Crippen molar-refractivity contribution in [3.63, 3.8) is 0 Å². The number of aliphatic carboxylic acids is 1. The number of nitrogens with zero attached hydrogens (tertiary/aromatic N) is 1. The SMILES string of the molecule is CC(Oc1cccc(Br)c1)C(=O)N(C1CC1)C(C)C(=O)O. The molecule has 2 atom stereocenters. The summed E-state index contributed by atoms with van der Waals surface area (Å²) in [6.45, 7) is 3.18. The molecule has 0 aromatic heterocycles. The summed E-state index contributed by atoms with van der Waals surface area (Å²) in [5, 5.41) is 9.14. The van der Waals surface area contributed by atoms with Gasteiger partial charge in [0.25, 0.3) is 5.91 Å². The molecule has 1 fully saturated rings. The second kappa shape index (κ2) is 6.47. The third-order valence-corrected chi connectivity index (χ3v) is 3.92. The van der Waals surface area contributed by atoms with E-state index in [0.717, 1.165) is 17.3 Å².